The van der Waals surface area contributed by atoms with E-state index in [0.717, 1.165) is 17.7 Å². The van der Waals surface area contributed by atoms with E-state index in [1.807, 2.05) is 26.1 Å². The molecule has 0 saturated carbocycles. The highest BCUT2D eigenvalue weighted by molar-refractivity contribution is 6.31. The summed E-state index contributed by atoms with van der Waals surface area (Å²) in [4.78, 5) is 13.3. The predicted octanol–water partition coefficient (Wildman–Crippen LogP) is 2.52. The first-order valence-corrected chi connectivity index (χ1v) is 8.61. The third kappa shape index (κ3) is 4.08. The number of likely N-dealkylation sites (tertiary alicyclic amines) is 1. The predicted molar refractivity (Wildman–Crippen MR) is 96.4 cm³/mol. The summed E-state index contributed by atoms with van der Waals surface area (Å²) in [5.41, 5.74) is 2.91. The molecule has 2 N–H and O–H groups in total. The van der Waals surface area contributed by atoms with Gasteiger partial charge in [-0.15, -0.1) is 0 Å². The summed E-state index contributed by atoms with van der Waals surface area (Å²) in [7, 11) is 1.83. The van der Waals surface area contributed by atoms with Gasteiger partial charge in [0.25, 0.3) is 0 Å². The van der Waals surface area contributed by atoms with Crippen LogP contribution in [-0.4, -0.2) is 45.7 Å². The van der Waals surface area contributed by atoms with Gasteiger partial charge in [0.2, 0.25) is 5.91 Å². The number of nitrogens with zero attached hydrogens (tertiary/aromatic N) is 3. The number of piperidine rings is 1. The molecule has 2 aromatic rings. The number of likely N-dealkylation sites (N-methyl/N-ethyl adjacent to an activating group) is 1. The lowest BCUT2D eigenvalue weighted by Gasteiger charge is -2.30. The van der Waals surface area contributed by atoms with Crippen LogP contribution < -0.4 is 5.32 Å². The van der Waals surface area contributed by atoms with Gasteiger partial charge in [0.15, 0.2) is 0 Å². The van der Waals surface area contributed by atoms with E-state index in [2.05, 4.69) is 15.5 Å². The third-order valence-corrected chi connectivity index (χ3v) is 4.67. The zero-order chi connectivity index (χ0) is 18.0. The van der Waals surface area contributed by atoms with Crippen molar-refractivity contribution >= 4 is 17.5 Å². The summed E-state index contributed by atoms with van der Waals surface area (Å²) >= 11 is 5.94. The Labute approximate surface area is 151 Å². The molecule has 1 amide bonds. The van der Waals surface area contributed by atoms with Crippen LogP contribution in [0, 0.1) is 6.92 Å². The summed E-state index contributed by atoms with van der Waals surface area (Å²) in [5, 5.41) is 22.5. The van der Waals surface area contributed by atoms with Crippen molar-refractivity contribution in [2.75, 3.05) is 13.6 Å². The average molecular weight is 361 g/mol. The van der Waals surface area contributed by atoms with Crippen molar-refractivity contribution in [1.82, 2.24) is 20.4 Å². The van der Waals surface area contributed by atoms with Crippen LogP contribution in [0.15, 0.2) is 24.3 Å². The Bertz CT molecular complexity index is 756. The lowest BCUT2D eigenvalue weighted by Crippen LogP contribution is -2.46. The van der Waals surface area contributed by atoms with E-state index in [1.54, 1.807) is 11.0 Å². The topological polar surface area (TPSA) is 78.4 Å². The summed E-state index contributed by atoms with van der Waals surface area (Å²) in [5.74, 6) is 0.292. The van der Waals surface area contributed by atoms with Gasteiger partial charge >= 0.3 is 0 Å². The molecule has 0 radical (unpaired) electrons. The minimum atomic E-state index is 0.0973. The second kappa shape index (κ2) is 7.37. The standard InChI is InChI=1S/C18H21ClN4O2/c1-11-7-12(19)8-16(24)18(11)15-5-3-13(21-22-15)9-20-14-4-6-17(25)23(2)10-14/h3,5,7-8,14,20,24H,4,6,9-10H2,1-2H3/t14-/m0/s1. The molecular formula is C18H21ClN4O2. The van der Waals surface area contributed by atoms with Crippen molar-refractivity contribution in [2.24, 2.45) is 0 Å². The van der Waals surface area contributed by atoms with Gasteiger partial charge in [-0.25, -0.2) is 0 Å². The minimum absolute atomic E-state index is 0.0973. The van der Waals surface area contributed by atoms with Crippen molar-refractivity contribution in [2.45, 2.75) is 32.4 Å². The van der Waals surface area contributed by atoms with Crippen LogP contribution in [0.4, 0.5) is 0 Å². The van der Waals surface area contributed by atoms with Gasteiger partial charge in [-0.1, -0.05) is 11.6 Å². The zero-order valence-corrected chi connectivity index (χ0v) is 15.0. The van der Waals surface area contributed by atoms with Crippen molar-refractivity contribution in [3.63, 3.8) is 0 Å². The highest BCUT2D eigenvalue weighted by atomic mass is 35.5. The molecule has 1 aliphatic heterocycles. The minimum Gasteiger partial charge on any atom is -0.507 e. The maximum absolute atomic E-state index is 11.5. The SMILES string of the molecule is Cc1cc(Cl)cc(O)c1-c1ccc(CN[C@H]2CCC(=O)N(C)C2)nn1. The fraction of sp³-hybridized carbons (Fsp3) is 0.389. The molecule has 2 heterocycles. The monoisotopic (exact) mass is 360 g/mol. The second-order valence-electron chi connectivity index (χ2n) is 6.42. The molecule has 132 valence electrons. The molecule has 1 saturated heterocycles. The van der Waals surface area contributed by atoms with E-state index in [1.165, 1.54) is 6.07 Å². The van der Waals surface area contributed by atoms with Crippen LogP contribution in [0.1, 0.15) is 24.1 Å². The Morgan fingerprint density at radius 3 is 2.80 bits per heavy atom. The Morgan fingerprint density at radius 1 is 1.36 bits per heavy atom. The first-order chi connectivity index (χ1) is 11.9. The summed E-state index contributed by atoms with van der Waals surface area (Å²) in [6.07, 6.45) is 1.42. The van der Waals surface area contributed by atoms with Gasteiger partial charge in [-0.3, -0.25) is 4.79 Å². The molecule has 0 aliphatic carbocycles. The molecule has 3 rings (SSSR count). The number of carbonyl (C=O) groups is 1. The van der Waals surface area contributed by atoms with Crippen molar-refractivity contribution in [3.8, 4) is 17.0 Å². The van der Waals surface area contributed by atoms with Crippen molar-refractivity contribution in [3.05, 3.63) is 40.5 Å². The van der Waals surface area contributed by atoms with Gasteiger partial charge in [-0.05, 0) is 43.2 Å². The van der Waals surface area contributed by atoms with Gasteiger partial charge < -0.3 is 15.3 Å². The molecule has 0 unspecified atom stereocenters. The molecule has 1 aromatic heterocycles. The summed E-state index contributed by atoms with van der Waals surface area (Å²) in [6, 6.07) is 7.29. The van der Waals surface area contributed by atoms with Gasteiger partial charge in [0.1, 0.15) is 5.75 Å². The molecule has 1 fully saturated rings. The maximum Gasteiger partial charge on any atom is 0.222 e. The maximum atomic E-state index is 11.5. The highest BCUT2D eigenvalue weighted by Crippen LogP contribution is 2.33. The second-order valence-corrected chi connectivity index (χ2v) is 6.85. The molecular weight excluding hydrogens is 340 g/mol. The summed E-state index contributed by atoms with van der Waals surface area (Å²) in [6.45, 7) is 3.17. The van der Waals surface area contributed by atoms with E-state index >= 15 is 0 Å². The van der Waals surface area contributed by atoms with Crippen LogP contribution in [-0.2, 0) is 11.3 Å². The highest BCUT2D eigenvalue weighted by Gasteiger charge is 2.22. The molecule has 0 spiro atoms. The van der Waals surface area contributed by atoms with Crippen molar-refractivity contribution in [1.29, 1.82) is 0 Å². The number of aromatic nitrogens is 2. The molecule has 1 aliphatic rings. The zero-order valence-electron chi connectivity index (χ0n) is 14.3. The molecule has 1 aromatic carbocycles. The largest absolute Gasteiger partial charge is 0.507 e. The van der Waals surface area contributed by atoms with E-state index < -0.39 is 0 Å². The number of rotatable bonds is 4. The van der Waals surface area contributed by atoms with Crippen LogP contribution >= 0.6 is 11.6 Å². The van der Waals surface area contributed by atoms with Crippen LogP contribution in [0.3, 0.4) is 0 Å². The van der Waals surface area contributed by atoms with Crippen LogP contribution in [0.25, 0.3) is 11.3 Å². The molecule has 7 heteroatoms. The molecule has 6 nitrogen and oxygen atoms in total. The first kappa shape index (κ1) is 17.6. The quantitative estimate of drug-likeness (QED) is 0.876. The number of phenolic OH excluding ortho intramolecular Hbond substituents is 1. The number of nitrogens with one attached hydrogen (secondary N) is 1. The van der Waals surface area contributed by atoms with E-state index in [4.69, 9.17) is 11.6 Å². The van der Waals surface area contributed by atoms with E-state index in [9.17, 15) is 9.90 Å². The number of carbonyl (C=O) groups excluding carboxylic acids is 1. The average Bonchev–Trinajstić information content (AvgIpc) is 2.56. The van der Waals surface area contributed by atoms with Crippen LogP contribution in [0.2, 0.25) is 5.02 Å². The first-order valence-electron chi connectivity index (χ1n) is 8.23. The Morgan fingerprint density at radius 2 is 2.16 bits per heavy atom. The Kier molecular flexibility index (Phi) is 5.20. The van der Waals surface area contributed by atoms with Crippen LogP contribution in [0.5, 0.6) is 5.75 Å². The molecule has 0 bridgehead atoms. The lowest BCUT2D eigenvalue weighted by atomic mass is 10.0. The fourth-order valence-corrected chi connectivity index (χ4v) is 3.34. The molecule has 25 heavy (non-hydrogen) atoms. The Hall–Kier alpha value is -2.18. The number of halogens is 1. The number of aromatic hydroxyl groups is 1. The fourth-order valence-electron chi connectivity index (χ4n) is 3.07. The summed E-state index contributed by atoms with van der Waals surface area (Å²) < 4.78 is 0. The number of hydrogen-bond acceptors (Lipinski definition) is 5. The number of phenols is 1. The number of benzene rings is 1. The number of aryl methyl sites for hydroxylation is 1. The lowest BCUT2D eigenvalue weighted by molar-refractivity contribution is -0.132. The van der Waals surface area contributed by atoms with E-state index in [-0.39, 0.29) is 17.7 Å². The van der Waals surface area contributed by atoms with Crippen molar-refractivity contribution < 1.29 is 9.90 Å². The number of amides is 1. The molecule has 1 atom stereocenters. The van der Waals surface area contributed by atoms with E-state index in [0.29, 0.717) is 35.8 Å². The van der Waals surface area contributed by atoms with Gasteiger partial charge in [0.05, 0.1) is 11.4 Å². The number of hydrogen-bond donors (Lipinski definition) is 2. The smallest absolute Gasteiger partial charge is 0.222 e. The Balaban J connectivity index is 1.66. The normalized spacial score (nSPS) is 17.8. The van der Waals surface area contributed by atoms with Gasteiger partial charge in [-0.2, -0.15) is 10.2 Å². The third-order valence-electron chi connectivity index (χ3n) is 4.45. The van der Waals surface area contributed by atoms with Gasteiger partial charge in [0, 0.05) is 43.2 Å².